The predicted molar refractivity (Wildman–Crippen MR) is 113 cm³/mol. The molecule has 0 radical (unpaired) electrons. The Hall–Kier alpha value is -3.31. The van der Waals surface area contributed by atoms with Gasteiger partial charge in [0, 0.05) is 12.1 Å². The van der Waals surface area contributed by atoms with E-state index >= 15 is 0 Å². The topological polar surface area (TPSA) is 56.1 Å². The first-order valence-corrected chi connectivity index (χ1v) is 11.0. The fourth-order valence-electron chi connectivity index (χ4n) is 5.21. The van der Waals surface area contributed by atoms with Gasteiger partial charge in [-0.2, -0.15) is 26.3 Å². The Labute approximate surface area is 196 Å². The molecule has 2 aromatic heterocycles. The maximum absolute atomic E-state index is 13.5. The monoisotopic (exact) mass is 497 g/mol. The maximum atomic E-state index is 13.5. The van der Waals surface area contributed by atoms with Crippen LogP contribution < -0.4 is 9.64 Å². The van der Waals surface area contributed by atoms with Crippen LogP contribution in [0.15, 0.2) is 36.7 Å². The zero-order valence-corrected chi connectivity index (χ0v) is 18.7. The summed E-state index contributed by atoms with van der Waals surface area (Å²) in [5.74, 6) is 0.679. The van der Waals surface area contributed by atoms with Crippen LogP contribution in [0.4, 0.5) is 32.2 Å². The van der Waals surface area contributed by atoms with Gasteiger partial charge in [0.1, 0.15) is 23.6 Å². The SMILES string of the molecule is COc1cc(-n2cnnc2[C@@H]2[C@H]3CC[C@H](C3)N2c2cc(C(F)(F)F)cc(C(F)(F)F)n2)ccc1C. The Bertz CT molecular complexity index is 1220. The summed E-state index contributed by atoms with van der Waals surface area (Å²) in [4.78, 5) is 5.20. The van der Waals surface area contributed by atoms with Crippen molar-refractivity contribution in [3.05, 3.63) is 59.3 Å². The summed E-state index contributed by atoms with van der Waals surface area (Å²) in [6.45, 7) is 1.88. The second-order valence-corrected chi connectivity index (χ2v) is 8.89. The Morgan fingerprint density at radius 3 is 2.46 bits per heavy atom. The van der Waals surface area contributed by atoms with E-state index in [0.29, 0.717) is 36.2 Å². The largest absolute Gasteiger partial charge is 0.496 e. The zero-order valence-electron chi connectivity index (χ0n) is 18.7. The quantitative estimate of drug-likeness (QED) is 0.430. The van der Waals surface area contributed by atoms with Crippen LogP contribution in [0.1, 0.15) is 47.9 Å². The molecule has 3 aromatic rings. The lowest BCUT2D eigenvalue weighted by Crippen LogP contribution is -2.37. The van der Waals surface area contributed by atoms with E-state index in [1.54, 1.807) is 15.5 Å². The molecule has 1 aliphatic carbocycles. The molecule has 0 N–H and O–H groups in total. The molecule has 0 unspecified atom stereocenters. The van der Waals surface area contributed by atoms with E-state index in [4.69, 9.17) is 4.74 Å². The molecule has 35 heavy (non-hydrogen) atoms. The second kappa shape index (κ2) is 8.13. The molecule has 2 aliphatic rings. The van der Waals surface area contributed by atoms with Gasteiger partial charge in [-0.3, -0.25) is 4.57 Å². The normalized spacial score (nSPS) is 22.2. The van der Waals surface area contributed by atoms with Crippen LogP contribution in [0.25, 0.3) is 5.69 Å². The van der Waals surface area contributed by atoms with Crippen LogP contribution in [-0.2, 0) is 12.4 Å². The number of hydrogen-bond donors (Lipinski definition) is 0. The van der Waals surface area contributed by atoms with Gasteiger partial charge in [-0.1, -0.05) is 6.07 Å². The average Bonchev–Trinajstić information content (AvgIpc) is 3.53. The van der Waals surface area contributed by atoms with Crippen LogP contribution in [0.3, 0.4) is 0 Å². The van der Waals surface area contributed by atoms with Crippen LogP contribution in [0.2, 0.25) is 0 Å². The van der Waals surface area contributed by atoms with Crippen LogP contribution >= 0.6 is 0 Å². The standard InChI is InChI=1S/C23H21F6N5O/c1-12-3-5-15(10-17(12)35-2)33-11-30-32-21(33)20-13-4-6-16(7-13)34(20)19-9-14(22(24,25)26)8-18(31-19)23(27,28)29/h3,5,8-11,13,16,20H,4,6-7H2,1-2H3/t13-,16+,20-/m0/s1. The summed E-state index contributed by atoms with van der Waals surface area (Å²) in [5, 5.41) is 8.26. The number of anilines is 1. The summed E-state index contributed by atoms with van der Waals surface area (Å²) in [5.41, 5.74) is -1.39. The fraction of sp³-hybridized carbons (Fsp3) is 0.435. The van der Waals surface area contributed by atoms with Crippen molar-refractivity contribution in [1.29, 1.82) is 0 Å². The van der Waals surface area contributed by atoms with Gasteiger partial charge in [-0.05, 0) is 55.9 Å². The molecule has 5 rings (SSSR count). The van der Waals surface area contributed by atoms with E-state index in [2.05, 4.69) is 15.2 Å². The minimum Gasteiger partial charge on any atom is -0.496 e. The first-order valence-electron chi connectivity index (χ1n) is 11.0. The number of fused-ring (bicyclic) bond motifs is 2. The molecule has 3 heterocycles. The van der Waals surface area contributed by atoms with Crippen LogP contribution in [-0.4, -0.2) is 32.9 Å². The second-order valence-electron chi connectivity index (χ2n) is 8.89. The van der Waals surface area contributed by atoms with Gasteiger partial charge < -0.3 is 9.64 Å². The number of aryl methyl sites for hydroxylation is 1. The molecule has 0 amide bonds. The third-order valence-electron chi connectivity index (χ3n) is 6.79. The number of rotatable bonds is 4. The Kier molecular flexibility index (Phi) is 5.44. The highest BCUT2D eigenvalue weighted by Crippen LogP contribution is 2.52. The highest BCUT2D eigenvalue weighted by Gasteiger charge is 2.50. The van der Waals surface area contributed by atoms with Crippen molar-refractivity contribution < 1.29 is 31.1 Å². The number of nitrogens with zero attached hydrogens (tertiary/aromatic N) is 5. The maximum Gasteiger partial charge on any atom is 0.433 e. The van der Waals surface area contributed by atoms with Crippen LogP contribution in [0, 0.1) is 12.8 Å². The molecule has 2 fully saturated rings. The average molecular weight is 497 g/mol. The molecular formula is C23H21F6N5O. The molecule has 2 bridgehead atoms. The van der Waals surface area contributed by atoms with Crippen LogP contribution in [0.5, 0.6) is 5.75 Å². The number of ether oxygens (including phenoxy) is 1. The van der Waals surface area contributed by atoms with Gasteiger partial charge in [0.25, 0.3) is 0 Å². The number of aromatic nitrogens is 4. The van der Waals surface area contributed by atoms with Gasteiger partial charge in [-0.25, -0.2) is 4.98 Å². The lowest BCUT2D eigenvalue weighted by atomic mass is 9.97. The van der Waals surface area contributed by atoms with Crippen molar-refractivity contribution >= 4 is 5.82 Å². The number of halogens is 6. The summed E-state index contributed by atoms with van der Waals surface area (Å²) < 4.78 is 88.1. The van der Waals surface area contributed by atoms with E-state index in [1.165, 1.54) is 13.4 Å². The smallest absolute Gasteiger partial charge is 0.433 e. The van der Waals surface area contributed by atoms with Gasteiger partial charge in [0.15, 0.2) is 5.82 Å². The highest BCUT2D eigenvalue weighted by molar-refractivity contribution is 5.51. The molecule has 0 spiro atoms. The van der Waals surface area contributed by atoms with E-state index in [-0.39, 0.29) is 23.8 Å². The van der Waals surface area contributed by atoms with E-state index < -0.39 is 29.7 Å². The molecule has 6 nitrogen and oxygen atoms in total. The van der Waals surface area contributed by atoms with Gasteiger partial charge in [-0.15, -0.1) is 10.2 Å². The molecule has 186 valence electrons. The third-order valence-corrected chi connectivity index (χ3v) is 6.79. The Morgan fingerprint density at radius 2 is 1.77 bits per heavy atom. The number of piperidine rings is 1. The molecule has 1 saturated heterocycles. The molecule has 1 saturated carbocycles. The van der Waals surface area contributed by atoms with Crippen molar-refractivity contribution in [3.63, 3.8) is 0 Å². The molecule has 1 aromatic carbocycles. The molecule has 1 aliphatic heterocycles. The van der Waals surface area contributed by atoms with Crippen molar-refractivity contribution in [3.8, 4) is 11.4 Å². The first-order chi connectivity index (χ1) is 16.5. The lowest BCUT2D eigenvalue weighted by Gasteiger charge is -2.36. The molecule has 12 heteroatoms. The minimum absolute atomic E-state index is 0.0130. The highest BCUT2D eigenvalue weighted by atomic mass is 19.4. The number of benzene rings is 1. The van der Waals surface area contributed by atoms with Crippen molar-refractivity contribution in [2.75, 3.05) is 12.0 Å². The number of pyridine rings is 1. The minimum atomic E-state index is -5.03. The number of hydrogen-bond acceptors (Lipinski definition) is 5. The van der Waals surface area contributed by atoms with E-state index in [0.717, 1.165) is 12.0 Å². The van der Waals surface area contributed by atoms with E-state index in [1.807, 2.05) is 19.1 Å². The third kappa shape index (κ3) is 4.08. The zero-order chi connectivity index (χ0) is 25.1. The summed E-state index contributed by atoms with van der Waals surface area (Å²) >= 11 is 0. The molecular weight excluding hydrogens is 476 g/mol. The predicted octanol–water partition coefficient (Wildman–Crippen LogP) is 5.75. The molecule has 3 atom stereocenters. The summed E-state index contributed by atoms with van der Waals surface area (Å²) in [7, 11) is 1.54. The first kappa shape index (κ1) is 23.4. The van der Waals surface area contributed by atoms with Gasteiger partial charge >= 0.3 is 12.4 Å². The van der Waals surface area contributed by atoms with Gasteiger partial charge in [0.2, 0.25) is 0 Å². The van der Waals surface area contributed by atoms with Crippen molar-refractivity contribution in [2.24, 2.45) is 5.92 Å². The van der Waals surface area contributed by atoms with Gasteiger partial charge in [0.05, 0.1) is 24.4 Å². The Balaban J connectivity index is 1.63. The number of methoxy groups -OCH3 is 1. The van der Waals surface area contributed by atoms with E-state index in [9.17, 15) is 26.3 Å². The summed E-state index contributed by atoms with van der Waals surface area (Å²) in [6, 6.07) is 5.36. The fourth-order valence-corrected chi connectivity index (χ4v) is 5.21. The number of alkyl halides is 6. The summed E-state index contributed by atoms with van der Waals surface area (Å²) in [6.07, 6.45) is -6.46. The van der Waals surface area contributed by atoms with Crippen molar-refractivity contribution in [2.45, 2.75) is 50.6 Å². The van der Waals surface area contributed by atoms with Crippen molar-refractivity contribution in [1.82, 2.24) is 19.7 Å². The Morgan fingerprint density at radius 1 is 1.00 bits per heavy atom. The lowest BCUT2D eigenvalue weighted by molar-refractivity contribution is -0.145.